The van der Waals surface area contributed by atoms with Crippen molar-refractivity contribution >= 4 is 23.6 Å². The molecule has 2 N–H and O–H groups in total. The Morgan fingerprint density at radius 2 is 2.00 bits per heavy atom. The predicted octanol–water partition coefficient (Wildman–Crippen LogP) is 3.25. The molecule has 2 aromatic rings. The van der Waals surface area contributed by atoms with E-state index in [1.807, 2.05) is 6.92 Å². The number of carbonyl (C=O) groups excluding carboxylic acids is 1. The lowest BCUT2D eigenvalue weighted by Gasteiger charge is -2.08. The lowest BCUT2D eigenvalue weighted by Crippen LogP contribution is -2.11. The van der Waals surface area contributed by atoms with Crippen LogP contribution in [-0.2, 0) is 4.79 Å². The lowest BCUT2D eigenvalue weighted by atomic mass is 10.1. The van der Waals surface area contributed by atoms with Gasteiger partial charge in [0.25, 0.3) is 5.91 Å². The second-order valence-electron chi connectivity index (χ2n) is 4.65. The molecule has 0 aliphatic rings. The van der Waals surface area contributed by atoms with Gasteiger partial charge in [-0.3, -0.25) is 4.79 Å². The maximum absolute atomic E-state index is 12.0. The second-order valence-corrected chi connectivity index (χ2v) is 4.65. The largest absolute Gasteiger partial charge is 0.478 e. The highest BCUT2D eigenvalue weighted by Gasteiger charge is 2.10. The molecular weight excluding hydrogens is 270 g/mol. The Hall–Kier alpha value is -2.82. The highest BCUT2D eigenvalue weighted by atomic mass is 16.4. The van der Waals surface area contributed by atoms with Gasteiger partial charge in [-0.25, -0.2) is 4.79 Å². The number of carboxylic acid groups (broad SMARTS) is 1. The predicted molar refractivity (Wildman–Crippen MR) is 79.2 cm³/mol. The third-order valence-electron chi connectivity index (χ3n) is 2.91. The summed E-state index contributed by atoms with van der Waals surface area (Å²) < 4.78 is 5.10. The van der Waals surface area contributed by atoms with Gasteiger partial charge in [0.05, 0.1) is 5.56 Å². The van der Waals surface area contributed by atoms with Crippen molar-refractivity contribution in [2.45, 2.75) is 13.8 Å². The molecule has 0 saturated carbocycles. The van der Waals surface area contributed by atoms with Crippen molar-refractivity contribution in [2.24, 2.45) is 0 Å². The minimum absolute atomic E-state index is 0.247. The molecule has 1 amide bonds. The summed E-state index contributed by atoms with van der Waals surface area (Å²) in [5.74, 6) is -0.574. The fraction of sp³-hybridized carbons (Fsp3) is 0.125. The Balaban J connectivity index is 2.14. The van der Waals surface area contributed by atoms with Gasteiger partial charge in [-0.05, 0) is 49.2 Å². The van der Waals surface area contributed by atoms with Gasteiger partial charge >= 0.3 is 5.97 Å². The van der Waals surface area contributed by atoms with E-state index in [0.717, 1.165) is 17.2 Å². The highest BCUT2D eigenvalue weighted by molar-refractivity contribution is 6.04. The zero-order valence-corrected chi connectivity index (χ0v) is 11.7. The van der Waals surface area contributed by atoms with Crippen LogP contribution in [0, 0.1) is 13.8 Å². The lowest BCUT2D eigenvalue weighted by molar-refractivity contribution is -0.131. The maximum Gasteiger partial charge on any atom is 0.328 e. The van der Waals surface area contributed by atoms with Crippen LogP contribution in [0.4, 0.5) is 5.69 Å². The monoisotopic (exact) mass is 285 g/mol. The summed E-state index contributed by atoms with van der Waals surface area (Å²) in [5.41, 5.74) is 2.73. The number of aliphatic carboxylic acids is 1. The summed E-state index contributed by atoms with van der Waals surface area (Å²) in [7, 11) is 0. The van der Waals surface area contributed by atoms with E-state index in [-0.39, 0.29) is 5.91 Å². The first-order valence-corrected chi connectivity index (χ1v) is 6.34. The molecule has 1 aromatic heterocycles. The summed E-state index contributed by atoms with van der Waals surface area (Å²) in [4.78, 5) is 22.5. The summed E-state index contributed by atoms with van der Waals surface area (Å²) in [6.07, 6.45) is 3.98. The Morgan fingerprint density at radius 3 is 2.57 bits per heavy atom. The molecule has 5 nitrogen and oxygen atoms in total. The highest BCUT2D eigenvalue weighted by Crippen LogP contribution is 2.19. The average Bonchev–Trinajstić information content (AvgIpc) is 2.86. The number of rotatable bonds is 4. The van der Waals surface area contributed by atoms with Crippen molar-refractivity contribution in [3.63, 3.8) is 0 Å². The van der Waals surface area contributed by atoms with Gasteiger partial charge < -0.3 is 14.8 Å². The van der Waals surface area contributed by atoms with Crippen molar-refractivity contribution in [1.29, 1.82) is 0 Å². The van der Waals surface area contributed by atoms with Crippen LogP contribution in [0.2, 0.25) is 0 Å². The quantitative estimate of drug-likeness (QED) is 0.845. The van der Waals surface area contributed by atoms with Crippen molar-refractivity contribution in [3.8, 4) is 0 Å². The van der Waals surface area contributed by atoms with E-state index in [0.29, 0.717) is 17.0 Å². The molecule has 0 aliphatic carbocycles. The summed E-state index contributed by atoms with van der Waals surface area (Å²) >= 11 is 0. The molecular formula is C16H15NO4. The fourth-order valence-electron chi connectivity index (χ4n) is 1.86. The van der Waals surface area contributed by atoms with Crippen LogP contribution in [-0.4, -0.2) is 17.0 Å². The average molecular weight is 285 g/mol. The molecule has 0 saturated heterocycles. The van der Waals surface area contributed by atoms with Gasteiger partial charge in [-0.2, -0.15) is 0 Å². The fourth-order valence-corrected chi connectivity index (χ4v) is 1.86. The smallest absolute Gasteiger partial charge is 0.328 e. The number of hydrogen-bond acceptors (Lipinski definition) is 3. The van der Waals surface area contributed by atoms with Crippen LogP contribution in [0.3, 0.4) is 0 Å². The first kappa shape index (κ1) is 14.6. The number of aryl methyl sites for hydroxylation is 2. The van der Waals surface area contributed by atoms with E-state index in [9.17, 15) is 9.59 Å². The number of amides is 1. The molecule has 2 rings (SSSR count). The van der Waals surface area contributed by atoms with Crippen LogP contribution in [0.15, 0.2) is 41.0 Å². The second kappa shape index (κ2) is 6.09. The molecule has 1 aromatic carbocycles. The van der Waals surface area contributed by atoms with Crippen LogP contribution >= 0.6 is 0 Å². The SMILES string of the molecule is Cc1cc(C(=O)Nc2ccc(/C=C/C(=O)O)cc2C)co1. The minimum atomic E-state index is -1.000. The maximum atomic E-state index is 12.0. The van der Waals surface area contributed by atoms with Gasteiger partial charge in [-0.1, -0.05) is 6.07 Å². The van der Waals surface area contributed by atoms with Crippen molar-refractivity contribution in [2.75, 3.05) is 5.32 Å². The number of furan rings is 1. The Labute approximate surface area is 121 Å². The molecule has 0 bridgehead atoms. The first-order chi connectivity index (χ1) is 9.95. The van der Waals surface area contributed by atoms with Crippen LogP contribution < -0.4 is 5.32 Å². The minimum Gasteiger partial charge on any atom is -0.478 e. The molecule has 108 valence electrons. The van der Waals surface area contributed by atoms with Gasteiger partial charge in [0.15, 0.2) is 0 Å². The van der Waals surface area contributed by atoms with E-state index < -0.39 is 5.97 Å². The molecule has 0 spiro atoms. The van der Waals surface area contributed by atoms with Crippen molar-refractivity contribution in [3.05, 3.63) is 59.1 Å². The standard InChI is InChI=1S/C16H15NO4/c1-10-7-12(4-6-15(18)19)3-5-14(10)17-16(20)13-8-11(2)21-9-13/h3-9H,1-2H3,(H,17,20)(H,18,19)/b6-4+. The van der Waals surface area contributed by atoms with E-state index >= 15 is 0 Å². The molecule has 5 heteroatoms. The van der Waals surface area contributed by atoms with Crippen molar-refractivity contribution < 1.29 is 19.1 Å². The van der Waals surface area contributed by atoms with Gasteiger partial charge in [0.1, 0.15) is 12.0 Å². The number of hydrogen-bond donors (Lipinski definition) is 2. The number of carbonyl (C=O) groups is 2. The third-order valence-corrected chi connectivity index (χ3v) is 2.91. The molecule has 0 aliphatic heterocycles. The van der Waals surface area contributed by atoms with E-state index in [1.165, 1.54) is 12.3 Å². The van der Waals surface area contributed by atoms with E-state index in [4.69, 9.17) is 9.52 Å². The zero-order chi connectivity index (χ0) is 15.4. The van der Waals surface area contributed by atoms with Crippen LogP contribution in [0.25, 0.3) is 6.08 Å². The zero-order valence-electron chi connectivity index (χ0n) is 11.7. The Kier molecular flexibility index (Phi) is 4.23. The van der Waals surface area contributed by atoms with Crippen LogP contribution in [0.5, 0.6) is 0 Å². The normalized spacial score (nSPS) is 10.8. The molecule has 0 radical (unpaired) electrons. The molecule has 1 heterocycles. The van der Waals surface area contributed by atoms with E-state index in [1.54, 1.807) is 31.2 Å². The molecule has 21 heavy (non-hydrogen) atoms. The number of carboxylic acids is 1. The summed E-state index contributed by atoms with van der Waals surface area (Å²) in [6.45, 7) is 3.61. The summed E-state index contributed by atoms with van der Waals surface area (Å²) in [5, 5.41) is 11.4. The Morgan fingerprint density at radius 1 is 1.24 bits per heavy atom. The van der Waals surface area contributed by atoms with Crippen molar-refractivity contribution in [1.82, 2.24) is 0 Å². The topological polar surface area (TPSA) is 79.5 Å². The third kappa shape index (κ3) is 3.82. The summed E-state index contributed by atoms with van der Waals surface area (Å²) in [6, 6.07) is 6.94. The first-order valence-electron chi connectivity index (χ1n) is 6.34. The van der Waals surface area contributed by atoms with Crippen LogP contribution in [0.1, 0.15) is 27.2 Å². The molecule has 0 unspecified atom stereocenters. The van der Waals surface area contributed by atoms with Gasteiger partial charge in [-0.15, -0.1) is 0 Å². The molecule has 0 fully saturated rings. The van der Waals surface area contributed by atoms with Gasteiger partial charge in [0, 0.05) is 11.8 Å². The van der Waals surface area contributed by atoms with E-state index in [2.05, 4.69) is 5.32 Å². The molecule has 0 atom stereocenters. The number of benzene rings is 1. The number of nitrogens with one attached hydrogen (secondary N) is 1. The Bertz CT molecular complexity index is 713. The van der Waals surface area contributed by atoms with Gasteiger partial charge in [0.2, 0.25) is 0 Å². The number of anilines is 1.